The fourth-order valence-corrected chi connectivity index (χ4v) is 4.94. The van der Waals surface area contributed by atoms with E-state index in [1.165, 1.54) is 57.1 Å². The lowest BCUT2D eigenvalue weighted by molar-refractivity contribution is 0.526. The van der Waals surface area contributed by atoms with E-state index in [1.807, 2.05) is 0 Å². The Morgan fingerprint density at radius 1 is 0.857 bits per heavy atom. The summed E-state index contributed by atoms with van der Waals surface area (Å²) in [6.45, 7) is 4.53. The largest absolute Gasteiger partial charge is 0.380 e. The molecule has 1 rings (SSSR count). The van der Waals surface area contributed by atoms with Gasteiger partial charge in [0.2, 0.25) is 0 Å². The monoisotopic (exact) mass is 481 g/mol. The maximum atomic E-state index is 3.75. The van der Waals surface area contributed by atoms with Crippen LogP contribution in [0.5, 0.6) is 0 Å². The zero-order chi connectivity index (χ0) is 15.7. The lowest BCUT2D eigenvalue weighted by atomic mass is 10.0. The second-order valence-electron chi connectivity index (χ2n) is 5.58. The summed E-state index contributed by atoms with van der Waals surface area (Å²) in [5.74, 6) is 0. The third kappa shape index (κ3) is 7.51. The number of halogens is 3. The summed E-state index contributed by atoms with van der Waals surface area (Å²) >= 11 is 10.9. The summed E-state index contributed by atoms with van der Waals surface area (Å²) in [4.78, 5) is 0. The normalized spacial score (nSPS) is 11.1. The van der Waals surface area contributed by atoms with E-state index >= 15 is 0 Å². The first kappa shape index (κ1) is 19.5. The van der Waals surface area contributed by atoms with Gasteiger partial charge in [-0.05, 0) is 56.8 Å². The van der Waals surface area contributed by atoms with Crippen LogP contribution in [0.2, 0.25) is 0 Å². The first-order valence-corrected chi connectivity index (χ1v) is 10.4. The summed E-state index contributed by atoms with van der Waals surface area (Å²) in [6.07, 6.45) is 10.4. The molecular formula is C17H26Br3N. The van der Waals surface area contributed by atoms with Gasteiger partial charge in [0.25, 0.3) is 0 Å². The number of anilines is 1. The third-order valence-electron chi connectivity index (χ3n) is 3.67. The van der Waals surface area contributed by atoms with Crippen molar-refractivity contribution < 1.29 is 0 Å². The first-order chi connectivity index (χ1) is 10.1. The summed E-state index contributed by atoms with van der Waals surface area (Å²) in [7, 11) is 0. The summed E-state index contributed by atoms with van der Waals surface area (Å²) in [6, 6.07) is 4.77. The summed E-state index contributed by atoms with van der Waals surface area (Å²) in [5, 5.41) is 3.75. The molecule has 0 radical (unpaired) electrons. The average Bonchev–Trinajstić information content (AvgIpc) is 2.42. The molecule has 0 saturated carbocycles. The molecule has 21 heavy (non-hydrogen) atoms. The smallest absolute Gasteiger partial charge is 0.0631 e. The van der Waals surface area contributed by atoms with E-state index in [2.05, 4.69) is 79.1 Å². The Morgan fingerprint density at radius 3 is 1.76 bits per heavy atom. The van der Waals surface area contributed by atoms with Crippen LogP contribution >= 0.6 is 47.8 Å². The number of unbranched alkanes of at least 4 members (excludes halogenated alkanes) is 4. The van der Waals surface area contributed by atoms with Crippen LogP contribution in [0.15, 0.2) is 25.6 Å². The van der Waals surface area contributed by atoms with Gasteiger partial charge in [-0.1, -0.05) is 68.3 Å². The lowest BCUT2D eigenvalue weighted by Gasteiger charge is -2.22. The second kappa shape index (κ2) is 11.1. The van der Waals surface area contributed by atoms with E-state index in [0.29, 0.717) is 6.04 Å². The van der Waals surface area contributed by atoms with Crippen molar-refractivity contribution in [3.8, 4) is 0 Å². The fraction of sp³-hybridized carbons (Fsp3) is 0.647. The van der Waals surface area contributed by atoms with Crippen molar-refractivity contribution in [1.82, 2.24) is 0 Å². The number of benzene rings is 1. The average molecular weight is 484 g/mol. The topological polar surface area (TPSA) is 12.0 Å². The molecule has 0 amide bonds. The molecule has 0 aliphatic heterocycles. The standard InChI is InChI=1S/C17H26Br3N/c1-3-5-7-9-14(10-8-6-4-2)21-17-15(19)11-13(18)12-16(17)20/h11-12,14,21H,3-10H2,1-2H3. The fourth-order valence-electron chi connectivity index (χ4n) is 2.45. The Morgan fingerprint density at radius 2 is 1.33 bits per heavy atom. The zero-order valence-corrected chi connectivity index (χ0v) is 17.8. The SMILES string of the molecule is CCCCCC(CCCCC)Nc1c(Br)cc(Br)cc1Br. The van der Waals surface area contributed by atoms with Gasteiger partial charge in [0.15, 0.2) is 0 Å². The van der Waals surface area contributed by atoms with Crippen molar-refractivity contribution >= 4 is 53.5 Å². The maximum absolute atomic E-state index is 3.75. The van der Waals surface area contributed by atoms with Crippen LogP contribution in [0.4, 0.5) is 5.69 Å². The highest BCUT2D eigenvalue weighted by Gasteiger charge is 2.13. The van der Waals surface area contributed by atoms with Crippen LogP contribution in [0, 0.1) is 0 Å². The van der Waals surface area contributed by atoms with Crippen LogP contribution in [0.3, 0.4) is 0 Å². The van der Waals surface area contributed by atoms with Crippen LogP contribution < -0.4 is 5.32 Å². The van der Waals surface area contributed by atoms with Crippen molar-refractivity contribution in [1.29, 1.82) is 0 Å². The predicted molar refractivity (Wildman–Crippen MR) is 105 cm³/mol. The van der Waals surface area contributed by atoms with Crippen LogP contribution in [-0.4, -0.2) is 6.04 Å². The molecule has 0 aliphatic carbocycles. The highest BCUT2D eigenvalue weighted by molar-refractivity contribution is 9.11. The molecule has 1 N–H and O–H groups in total. The van der Waals surface area contributed by atoms with E-state index in [0.717, 1.165) is 13.4 Å². The molecule has 0 saturated heterocycles. The van der Waals surface area contributed by atoms with E-state index in [9.17, 15) is 0 Å². The molecule has 0 fully saturated rings. The van der Waals surface area contributed by atoms with Crippen molar-refractivity contribution in [3.05, 3.63) is 25.6 Å². The van der Waals surface area contributed by atoms with Gasteiger partial charge in [0.1, 0.15) is 0 Å². The molecule has 0 bridgehead atoms. The van der Waals surface area contributed by atoms with Gasteiger partial charge in [-0.15, -0.1) is 0 Å². The van der Waals surface area contributed by atoms with Crippen LogP contribution in [-0.2, 0) is 0 Å². The quantitative estimate of drug-likeness (QED) is 0.333. The second-order valence-corrected chi connectivity index (χ2v) is 8.20. The van der Waals surface area contributed by atoms with E-state index in [4.69, 9.17) is 0 Å². The van der Waals surface area contributed by atoms with E-state index in [-0.39, 0.29) is 0 Å². The Kier molecular flexibility index (Phi) is 10.3. The molecule has 0 aromatic heterocycles. The van der Waals surface area contributed by atoms with Gasteiger partial charge in [-0.25, -0.2) is 0 Å². The van der Waals surface area contributed by atoms with Gasteiger partial charge >= 0.3 is 0 Å². The number of hydrogen-bond donors (Lipinski definition) is 1. The molecule has 0 spiro atoms. The van der Waals surface area contributed by atoms with Gasteiger partial charge in [-0.3, -0.25) is 0 Å². The van der Waals surface area contributed by atoms with Crippen molar-refractivity contribution in [3.63, 3.8) is 0 Å². The highest BCUT2D eigenvalue weighted by atomic mass is 79.9. The molecule has 0 unspecified atom stereocenters. The minimum atomic E-state index is 0.567. The molecule has 4 heteroatoms. The number of hydrogen-bond acceptors (Lipinski definition) is 1. The Balaban J connectivity index is 2.69. The van der Waals surface area contributed by atoms with Crippen molar-refractivity contribution in [2.24, 2.45) is 0 Å². The zero-order valence-electron chi connectivity index (χ0n) is 13.0. The lowest BCUT2D eigenvalue weighted by Crippen LogP contribution is -2.20. The van der Waals surface area contributed by atoms with Crippen molar-refractivity contribution in [2.75, 3.05) is 5.32 Å². The minimum Gasteiger partial charge on any atom is -0.380 e. The first-order valence-electron chi connectivity index (χ1n) is 7.99. The molecule has 0 atom stereocenters. The Bertz CT molecular complexity index is 387. The number of nitrogens with one attached hydrogen (secondary N) is 1. The van der Waals surface area contributed by atoms with Gasteiger partial charge < -0.3 is 5.32 Å². The molecule has 1 nitrogen and oxygen atoms in total. The number of rotatable bonds is 10. The molecule has 0 heterocycles. The molecular weight excluding hydrogens is 458 g/mol. The molecule has 1 aromatic rings. The van der Waals surface area contributed by atoms with Gasteiger partial charge in [-0.2, -0.15) is 0 Å². The summed E-state index contributed by atoms with van der Waals surface area (Å²) < 4.78 is 3.31. The minimum absolute atomic E-state index is 0.567. The third-order valence-corrected chi connectivity index (χ3v) is 5.38. The van der Waals surface area contributed by atoms with E-state index in [1.54, 1.807) is 0 Å². The van der Waals surface area contributed by atoms with Gasteiger partial charge in [0.05, 0.1) is 5.69 Å². The predicted octanol–water partition coefficient (Wildman–Crippen LogP) is 7.92. The highest BCUT2D eigenvalue weighted by Crippen LogP contribution is 2.35. The maximum Gasteiger partial charge on any atom is 0.0631 e. The van der Waals surface area contributed by atoms with Crippen LogP contribution in [0.25, 0.3) is 0 Å². The van der Waals surface area contributed by atoms with E-state index < -0.39 is 0 Å². The Hall–Kier alpha value is 0.460. The van der Waals surface area contributed by atoms with Crippen molar-refractivity contribution in [2.45, 2.75) is 71.3 Å². The van der Waals surface area contributed by atoms with Gasteiger partial charge in [0, 0.05) is 19.5 Å². The molecule has 0 aliphatic rings. The molecule has 120 valence electrons. The Labute approximate surface area is 155 Å². The summed E-state index contributed by atoms with van der Waals surface area (Å²) in [5.41, 5.74) is 1.18. The van der Waals surface area contributed by atoms with Crippen LogP contribution in [0.1, 0.15) is 65.2 Å². The molecule has 1 aromatic carbocycles.